The smallest absolute Gasteiger partial charge is 0.0595 e. The minimum Gasteiger partial charge on any atom is -0.289 e. The fourth-order valence-electron chi connectivity index (χ4n) is 2.93. The molecule has 134 valence electrons. The fourth-order valence-corrected chi connectivity index (χ4v) is 2.93. The molecule has 0 aliphatic heterocycles. The highest BCUT2D eigenvalue weighted by Gasteiger charge is 2.06. The molecule has 0 saturated heterocycles. The van der Waals surface area contributed by atoms with Crippen molar-refractivity contribution in [1.82, 2.24) is 5.23 Å². The van der Waals surface area contributed by atoms with Crippen LogP contribution in [0.2, 0.25) is 0 Å². The molecular formula is C19H41NO2. The normalized spacial score (nSPS) is 13.0. The van der Waals surface area contributed by atoms with Crippen LogP contribution < -0.4 is 0 Å². The van der Waals surface area contributed by atoms with E-state index in [2.05, 4.69) is 6.92 Å². The predicted octanol–water partition coefficient (Wildman–Crippen LogP) is 6.72. The van der Waals surface area contributed by atoms with Crippen LogP contribution in [-0.2, 0) is 0 Å². The van der Waals surface area contributed by atoms with Gasteiger partial charge in [0.1, 0.15) is 0 Å². The second kappa shape index (κ2) is 17.2. The summed E-state index contributed by atoms with van der Waals surface area (Å²) in [4.78, 5) is 0. The summed E-state index contributed by atoms with van der Waals surface area (Å²) in [5, 5.41) is 18.0. The lowest BCUT2D eigenvalue weighted by Gasteiger charge is -2.14. The first-order valence-corrected chi connectivity index (χ1v) is 9.85. The molecule has 0 radical (unpaired) electrons. The maximum atomic E-state index is 8.83. The number of hydroxylamine groups is 2. The predicted molar refractivity (Wildman–Crippen MR) is 94.4 cm³/mol. The Kier molecular flexibility index (Phi) is 17.1. The van der Waals surface area contributed by atoms with Crippen LogP contribution >= 0.6 is 0 Å². The van der Waals surface area contributed by atoms with Gasteiger partial charge in [0.2, 0.25) is 0 Å². The van der Waals surface area contributed by atoms with Crippen molar-refractivity contribution in [2.24, 2.45) is 0 Å². The lowest BCUT2D eigenvalue weighted by molar-refractivity contribution is -0.329. The summed E-state index contributed by atoms with van der Waals surface area (Å²) in [5.41, 5.74) is 0. The van der Waals surface area contributed by atoms with Crippen LogP contribution in [0.25, 0.3) is 0 Å². The minimum atomic E-state index is -0.137. The Balaban J connectivity index is 3.03. The molecule has 0 aliphatic carbocycles. The molecule has 22 heavy (non-hydrogen) atoms. The van der Waals surface area contributed by atoms with E-state index in [0.717, 1.165) is 12.8 Å². The van der Waals surface area contributed by atoms with E-state index in [4.69, 9.17) is 10.4 Å². The number of hydrogen-bond acceptors (Lipinski definition) is 3. The van der Waals surface area contributed by atoms with Crippen molar-refractivity contribution in [2.45, 2.75) is 123 Å². The van der Waals surface area contributed by atoms with Gasteiger partial charge in [0.15, 0.2) is 0 Å². The summed E-state index contributed by atoms with van der Waals surface area (Å²) in [6.07, 6.45) is 21.4. The van der Waals surface area contributed by atoms with Crippen molar-refractivity contribution >= 4 is 0 Å². The quantitative estimate of drug-likeness (QED) is 0.231. The molecule has 0 aromatic rings. The number of unbranched alkanes of at least 4 members (excludes halogenated alkanes) is 14. The summed E-state index contributed by atoms with van der Waals surface area (Å²) in [5.74, 6) is 0. The molecule has 0 rings (SSSR count). The van der Waals surface area contributed by atoms with E-state index >= 15 is 0 Å². The lowest BCUT2D eigenvalue weighted by Crippen LogP contribution is -2.25. The van der Waals surface area contributed by atoms with Gasteiger partial charge >= 0.3 is 0 Å². The third-order valence-electron chi connectivity index (χ3n) is 4.62. The van der Waals surface area contributed by atoms with Gasteiger partial charge in [-0.2, -0.15) is 0 Å². The maximum absolute atomic E-state index is 8.83. The van der Waals surface area contributed by atoms with Crippen LogP contribution in [0.5, 0.6) is 0 Å². The Morgan fingerprint density at radius 3 is 1.23 bits per heavy atom. The van der Waals surface area contributed by atoms with Crippen LogP contribution in [0, 0.1) is 0 Å². The molecule has 0 fully saturated rings. The second-order valence-corrected chi connectivity index (χ2v) is 6.91. The number of rotatable bonds is 17. The maximum Gasteiger partial charge on any atom is 0.0595 e. The summed E-state index contributed by atoms with van der Waals surface area (Å²) < 4.78 is 0. The van der Waals surface area contributed by atoms with E-state index in [0.29, 0.717) is 5.23 Å². The lowest BCUT2D eigenvalue weighted by atomic mass is 10.0. The summed E-state index contributed by atoms with van der Waals surface area (Å²) in [7, 11) is 0. The van der Waals surface area contributed by atoms with Gasteiger partial charge in [0.05, 0.1) is 6.04 Å². The molecule has 0 spiro atoms. The van der Waals surface area contributed by atoms with E-state index in [9.17, 15) is 0 Å². The molecule has 0 amide bonds. The van der Waals surface area contributed by atoms with Crippen molar-refractivity contribution in [3.05, 3.63) is 0 Å². The van der Waals surface area contributed by atoms with Crippen LogP contribution in [0.3, 0.4) is 0 Å². The first-order valence-electron chi connectivity index (χ1n) is 9.85. The zero-order chi connectivity index (χ0) is 16.5. The standard InChI is InChI=1S/C19H41NO2/c1-3-4-5-6-7-8-9-10-11-12-13-14-15-16-17-18-19(2)20(21)22/h19,21-22H,3-18H2,1-2H3. The Morgan fingerprint density at radius 1 is 0.591 bits per heavy atom. The highest BCUT2D eigenvalue weighted by molar-refractivity contribution is 4.54. The zero-order valence-corrected chi connectivity index (χ0v) is 15.2. The van der Waals surface area contributed by atoms with Crippen LogP contribution in [0.4, 0.5) is 0 Å². The molecule has 1 unspecified atom stereocenters. The van der Waals surface area contributed by atoms with Crippen LogP contribution in [-0.4, -0.2) is 21.7 Å². The van der Waals surface area contributed by atoms with E-state index in [1.54, 1.807) is 0 Å². The third kappa shape index (κ3) is 16.3. The van der Waals surface area contributed by atoms with Gasteiger partial charge < -0.3 is 0 Å². The van der Waals surface area contributed by atoms with Crippen LogP contribution in [0.15, 0.2) is 0 Å². The molecule has 3 nitrogen and oxygen atoms in total. The summed E-state index contributed by atoms with van der Waals surface area (Å²) in [6.45, 7) is 4.11. The molecule has 0 bridgehead atoms. The van der Waals surface area contributed by atoms with Gasteiger partial charge in [-0.05, 0) is 13.3 Å². The fraction of sp³-hybridized carbons (Fsp3) is 1.00. The average molecular weight is 316 g/mol. The molecule has 0 aromatic heterocycles. The molecule has 0 saturated carbocycles. The third-order valence-corrected chi connectivity index (χ3v) is 4.62. The molecule has 0 aromatic carbocycles. The Labute approximate surface area is 139 Å². The van der Waals surface area contributed by atoms with Gasteiger partial charge in [-0.3, -0.25) is 10.4 Å². The molecule has 3 heteroatoms. The molecule has 1 atom stereocenters. The van der Waals surface area contributed by atoms with E-state index in [-0.39, 0.29) is 6.04 Å². The number of hydrogen-bond donors (Lipinski definition) is 2. The van der Waals surface area contributed by atoms with Crippen LogP contribution in [0.1, 0.15) is 117 Å². The second-order valence-electron chi connectivity index (χ2n) is 6.91. The van der Waals surface area contributed by atoms with Gasteiger partial charge in [0, 0.05) is 0 Å². The summed E-state index contributed by atoms with van der Waals surface area (Å²) >= 11 is 0. The van der Waals surface area contributed by atoms with Crippen molar-refractivity contribution in [3.63, 3.8) is 0 Å². The van der Waals surface area contributed by atoms with Crippen molar-refractivity contribution < 1.29 is 10.4 Å². The number of nitrogens with zero attached hydrogens (tertiary/aromatic N) is 1. The highest BCUT2D eigenvalue weighted by atomic mass is 16.8. The van der Waals surface area contributed by atoms with E-state index < -0.39 is 0 Å². The molecular weight excluding hydrogens is 274 g/mol. The topological polar surface area (TPSA) is 43.7 Å². The Hall–Kier alpha value is -0.120. The highest BCUT2D eigenvalue weighted by Crippen LogP contribution is 2.14. The van der Waals surface area contributed by atoms with E-state index in [1.807, 2.05) is 6.92 Å². The van der Waals surface area contributed by atoms with Crippen molar-refractivity contribution in [3.8, 4) is 0 Å². The van der Waals surface area contributed by atoms with Gasteiger partial charge in [0.25, 0.3) is 0 Å². The zero-order valence-electron chi connectivity index (χ0n) is 15.2. The average Bonchev–Trinajstić information content (AvgIpc) is 2.50. The Morgan fingerprint density at radius 2 is 0.909 bits per heavy atom. The monoisotopic (exact) mass is 315 g/mol. The minimum absolute atomic E-state index is 0.137. The molecule has 2 N–H and O–H groups in total. The van der Waals surface area contributed by atoms with Gasteiger partial charge in [-0.15, -0.1) is 0 Å². The Bertz CT molecular complexity index is 210. The first kappa shape index (κ1) is 21.9. The van der Waals surface area contributed by atoms with Crippen molar-refractivity contribution in [2.75, 3.05) is 0 Å². The van der Waals surface area contributed by atoms with Gasteiger partial charge in [-0.1, -0.05) is 108 Å². The van der Waals surface area contributed by atoms with E-state index in [1.165, 1.54) is 89.9 Å². The molecule has 0 heterocycles. The summed E-state index contributed by atoms with van der Waals surface area (Å²) in [6, 6.07) is -0.137. The SMILES string of the molecule is CCCCCCCCCCCCCCCCCC(C)N(O)O. The first-order chi connectivity index (χ1) is 10.7. The molecule has 0 aliphatic rings. The van der Waals surface area contributed by atoms with Crippen molar-refractivity contribution in [1.29, 1.82) is 0 Å². The largest absolute Gasteiger partial charge is 0.289 e. The van der Waals surface area contributed by atoms with Gasteiger partial charge in [-0.25, -0.2) is 0 Å².